The molecule has 2 aromatic rings. The van der Waals surface area contributed by atoms with Crippen LogP contribution in [0.25, 0.3) is 11.0 Å². The predicted octanol–water partition coefficient (Wildman–Crippen LogP) is 4.33. The van der Waals surface area contributed by atoms with Crippen molar-refractivity contribution in [1.82, 2.24) is 4.90 Å². The van der Waals surface area contributed by atoms with Gasteiger partial charge in [0.25, 0.3) is 5.91 Å². The van der Waals surface area contributed by atoms with Crippen LogP contribution in [0.15, 0.2) is 28.7 Å². The van der Waals surface area contributed by atoms with Crippen molar-refractivity contribution in [3.8, 4) is 0 Å². The molecule has 5 heteroatoms. The summed E-state index contributed by atoms with van der Waals surface area (Å²) in [7, 11) is 0. The first-order valence-electron chi connectivity index (χ1n) is 9.62. The molecule has 1 aliphatic heterocycles. The lowest BCUT2D eigenvalue weighted by Crippen LogP contribution is -2.39. The molecule has 2 bridgehead atoms. The number of likely N-dealkylation sites (tertiary alicyclic amines) is 1. The molecular formula is C22H27NO4. The number of para-hydroxylation sites is 1. The molecule has 1 amide bonds. The Bertz CT molecular complexity index is 912. The minimum absolute atomic E-state index is 0.108. The van der Waals surface area contributed by atoms with Crippen LogP contribution in [0.5, 0.6) is 0 Å². The second-order valence-corrected chi connectivity index (χ2v) is 9.36. The summed E-state index contributed by atoms with van der Waals surface area (Å²) in [6, 6.07) is 7.73. The zero-order chi connectivity index (χ0) is 19.4. The standard InChI is InChI=1S/C22H27NO4/c1-14-16-7-5-6-8-17(16)27-19(14)20(25)26-11-18(24)23-13-22(4)10-15(23)9-21(2,3)12-22/h5-8,15H,9-13H2,1-4H3. The molecule has 2 fully saturated rings. The molecule has 5 nitrogen and oxygen atoms in total. The molecule has 0 N–H and O–H groups in total. The first-order valence-corrected chi connectivity index (χ1v) is 9.62. The van der Waals surface area contributed by atoms with Crippen molar-refractivity contribution in [2.75, 3.05) is 13.2 Å². The van der Waals surface area contributed by atoms with Crippen molar-refractivity contribution in [1.29, 1.82) is 0 Å². The molecule has 0 spiro atoms. The molecule has 2 unspecified atom stereocenters. The molecule has 0 radical (unpaired) electrons. The summed E-state index contributed by atoms with van der Waals surface area (Å²) in [6.07, 6.45) is 3.17. The topological polar surface area (TPSA) is 59.8 Å². The molecule has 2 aliphatic rings. The first kappa shape index (κ1) is 18.1. The molecule has 1 aromatic carbocycles. The molecule has 1 aliphatic carbocycles. The minimum Gasteiger partial charge on any atom is -0.450 e. The van der Waals surface area contributed by atoms with E-state index in [4.69, 9.17) is 9.15 Å². The maximum atomic E-state index is 12.8. The highest BCUT2D eigenvalue weighted by Crippen LogP contribution is 2.52. The van der Waals surface area contributed by atoms with Gasteiger partial charge >= 0.3 is 5.97 Å². The summed E-state index contributed by atoms with van der Waals surface area (Å²) in [5, 5.41) is 0.888. The number of esters is 1. The Labute approximate surface area is 159 Å². The van der Waals surface area contributed by atoms with Gasteiger partial charge in [-0.2, -0.15) is 0 Å². The zero-order valence-corrected chi connectivity index (χ0v) is 16.5. The number of benzene rings is 1. The van der Waals surface area contributed by atoms with Crippen LogP contribution >= 0.6 is 0 Å². The van der Waals surface area contributed by atoms with Crippen molar-refractivity contribution in [2.24, 2.45) is 10.8 Å². The number of hydrogen-bond donors (Lipinski definition) is 0. The molecule has 1 saturated heterocycles. The van der Waals surface area contributed by atoms with Crippen molar-refractivity contribution in [3.63, 3.8) is 0 Å². The van der Waals surface area contributed by atoms with E-state index in [1.807, 2.05) is 36.1 Å². The van der Waals surface area contributed by atoms with Crippen LogP contribution in [0, 0.1) is 17.8 Å². The summed E-state index contributed by atoms with van der Waals surface area (Å²) in [6.45, 7) is 9.16. The first-order chi connectivity index (χ1) is 12.7. The Kier molecular flexibility index (Phi) is 4.09. The second kappa shape index (κ2) is 6.11. The third-order valence-electron chi connectivity index (χ3n) is 6.09. The van der Waals surface area contributed by atoms with Crippen LogP contribution in [0.2, 0.25) is 0 Å². The second-order valence-electron chi connectivity index (χ2n) is 9.36. The van der Waals surface area contributed by atoms with E-state index in [0.29, 0.717) is 5.58 Å². The molecule has 1 saturated carbocycles. The number of nitrogens with zero attached hydrogens (tertiary/aromatic N) is 1. The third-order valence-corrected chi connectivity index (χ3v) is 6.09. The molecule has 2 atom stereocenters. The van der Waals surface area contributed by atoms with Gasteiger partial charge in [-0.3, -0.25) is 4.79 Å². The maximum Gasteiger partial charge on any atom is 0.375 e. The lowest BCUT2D eigenvalue weighted by atomic mass is 9.65. The lowest BCUT2D eigenvalue weighted by Gasteiger charge is -2.39. The third kappa shape index (κ3) is 3.24. The van der Waals surface area contributed by atoms with Gasteiger partial charge in [0, 0.05) is 23.5 Å². The van der Waals surface area contributed by atoms with Crippen molar-refractivity contribution >= 4 is 22.8 Å². The molecule has 4 rings (SSSR count). The van der Waals surface area contributed by atoms with Gasteiger partial charge in [0.1, 0.15) is 5.58 Å². The van der Waals surface area contributed by atoms with Crippen LogP contribution in [-0.2, 0) is 9.53 Å². The van der Waals surface area contributed by atoms with Crippen molar-refractivity contribution in [2.45, 2.75) is 53.0 Å². The number of furan rings is 1. The normalized spacial score (nSPS) is 26.4. The van der Waals surface area contributed by atoms with Gasteiger partial charge in [0.15, 0.2) is 6.61 Å². The van der Waals surface area contributed by atoms with E-state index in [-0.39, 0.29) is 35.1 Å². The Morgan fingerprint density at radius 3 is 2.70 bits per heavy atom. The van der Waals surface area contributed by atoms with Crippen LogP contribution in [0.4, 0.5) is 0 Å². The Morgan fingerprint density at radius 2 is 1.96 bits per heavy atom. The predicted molar refractivity (Wildman–Crippen MR) is 102 cm³/mol. The fourth-order valence-electron chi connectivity index (χ4n) is 5.40. The minimum atomic E-state index is -0.578. The van der Waals surface area contributed by atoms with E-state index in [2.05, 4.69) is 20.8 Å². The lowest BCUT2D eigenvalue weighted by molar-refractivity contribution is -0.135. The molecular weight excluding hydrogens is 342 g/mol. The number of carbonyl (C=O) groups is 2. The number of aryl methyl sites for hydroxylation is 1. The van der Waals surface area contributed by atoms with E-state index in [9.17, 15) is 9.59 Å². The van der Waals surface area contributed by atoms with Crippen molar-refractivity contribution < 1.29 is 18.7 Å². The number of rotatable bonds is 3. The Balaban J connectivity index is 1.43. The summed E-state index contributed by atoms with van der Waals surface area (Å²) in [4.78, 5) is 27.1. The fourth-order valence-corrected chi connectivity index (χ4v) is 5.40. The van der Waals surface area contributed by atoms with E-state index >= 15 is 0 Å². The van der Waals surface area contributed by atoms with Gasteiger partial charge in [-0.15, -0.1) is 0 Å². The summed E-state index contributed by atoms with van der Waals surface area (Å²) in [5.41, 5.74) is 1.81. The average molecular weight is 369 g/mol. The molecule has 1 aromatic heterocycles. The van der Waals surface area contributed by atoms with Crippen LogP contribution < -0.4 is 0 Å². The molecule has 144 valence electrons. The number of fused-ring (bicyclic) bond motifs is 3. The van der Waals surface area contributed by atoms with Gasteiger partial charge in [-0.25, -0.2) is 4.79 Å². The van der Waals surface area contributed by atoms with Gasteiger partial charge < -0.3 is 14.1 Å². The van der Waals surface area contributed by atoms with E-state index < -0.39 is 5.97 Å². The van der Waals surface area contributed by atoms with Crippen LogP contribution in [0.3, 0.4) is 0 Å². The summed E-state index contributed by atoms with van der Waals surface area (Å²) < 4.78 is 11.0. The van der Waals surface area contributed by atoms with Crippen molar-refractivity contribution in [3.05, 3.63) is 35.6 Å². The number of hydrogen-bond acceptors (Lipinski definition) is 4. The van der Waals surface area contributed by atoms with Crippen LogP contribution in [0.1, 0.15) is 56.2 Å². The SMILES string of the molecule is Cc1c(C(=O)OCC(=O)N2CC3(C)CC2CC(C)(C)C3)oc2ccccc12. The van der Waals surface area contributed by atoms with Gasteiger partial charge in [-0.1, -0.05) is 39.0 Å². The summed E-state index contributed by atoms with van der Waals surface area (Å²) in [5.74, 6) is -0.508. The maximum absolute atomic E-state index is 12.8. The summed E-state index contributed by atoms with van der Waals surface area (Å²) >= 11 is 0. The number of carbonyl (C=O) groups excluding carboxylic acids is 2. The monoisotopic (exact) mass is 369 g/mol. The van der Waals surface area contributed by atoms with Gasteiger partial charge in [0.05, 0.1) is 0 Å². The molecule has 27 heavy (non-hydrogen) atoms. The quantitative estimate of drug-likeness (QED) is 0.756. The Hall–Kier alpha value is -2.30. The van der Waals surface area contributed by atoms with Gasteiger partial charge in [0.2, 0.25) is 5.76 Å². The smallest absolute Gasteiger partial charge is 0.375 e. The number of amides is 1. The highest BCUT2D eigenvalue weighted by Gasteiger charge is 2.50. The fraction of sp³-hybridized carbons (Fsp3) is 0.545. The van der Waals surface area contributed by atoms with Gasteiger partial charge in [-0.05, 0) is 43.1 Å². The van der Waals surface area contributed by atoms with E-state index in [1.165, 1.54) is 0 Å². The highest BCUT2D eigenvalue weighted by molar-refractivity contribution is 5.96. The van der Waals surface area contributed by atoms with Crippen LogP contribution in [-0.4, -0.2) is 36.0 Å². The average Bonchev–Trinajstić information content (AvgIpc) is 3.05. The Morgan fingerprint density at radius 1 is 1.22 bits per heavy atom. The van der Waals surface area contributed by atoms with E-state index in [0.717, 1.165) is 36.8 Å². The van der Waals surface area contributed by atoms with E-state index in [1.54, 1.807) is 0 Å². The number of ether oxygens (including phenoxy) is 1. The zero-order valence-electron chi connectivity index (χ0n) is 16.5. The highest BCUT2D eigenvalue weighted by atomic mass is 16.5. The molecule has 2 heterocycles. The largest absolute Gasteiger partial charge is 0.450 e.